The predicted molar refractivity (Wildman–Crippen MR) is 90.2 cm³/mol. The lowest BCUT2D eigenvalue weighted by atomic mass is 9.94. The topological polar surface area (TPSA) is 52.0 Å². The van der Waals surface area contributed by atoms with Crippen LogP contribution in [0.25, 0.3) is 0 Å². The molecule has 17 heavy (non-hydrogen) atoms. The van der Waals surface area contributed by atoms with Gasteiger partial charge in [-0.1, -0.05) is 81.6 Å². The summed E-state index contributed by atoms with van der Waals surface area (Å²) in [4.78, 5) is 0. The van der Waals surface area contributed by atoms with Crippen molar-refractivity contribution < 1.29 is 0 Å². The summed E-state index contributed by atoms with van der Waals surface area (Å²) >= 11 is 4.55. The van der Waals surface area contributed by atoms with Gasteiger partial charge in [-0.05, 0) is 30.4 Å². The third-order valence-corrected chi connectivity index (χ3v) is 4.51. The fraction of sp³-hybridized carbons (Fsp3) is 0.385. The van der Waals surface area contributed by atoms with Crippen molar-refractivity contribution in [3.8, 4) is 0 Å². The normalized spacial score (nSPS) is 36.7. The molecule has 0 bridgehead atoms. The number of alkyl halides is 2. The fourth-order valence-electron chi connectivity index (χ4n) is 1.84. The summed E-state index contributed by atoms with van der Waals surface area (Å²) in [5.74, 6) is 0. The maximum Gasteiger partial charge on any atom is 0.0903 e. The molecular weight excluding hydrogens is 438 g/mol. The summed E-state index contributed by atoms with van der Waals surface area (Å²) in [6.45, 7) is 0. The van der Waals surface area contributed by atoms with Gasteiger partial charge in [-0.3, -0.25) is 0 Å². The van der Waals surface area contributed by atoms with Crippen LogP contribution < -0.4 is 11.5 Å². The number of rotatable bonds is 2. The van der Waals surface area contributed by atoms with Gasteiger partial charge in [-0.15, -0.1) is 0 Å². The zero-order valence-electron chi connectivity index (χ0n) is 9.50. The van der Waals surface area contributed by atoms with E-state index in [1.165, 1.54) is 11.1 Å². The molecule has 0 spiro atoms. The molecule has 2 unspecified atom stereocenters. The van der Waals surface area contributed by atoms with Crippen LogP contribution >= 0.6 is 45.2 Å². The molecule has 0 aromatic rings. The van der Waals surface area contributed by atoms with Crippen molar-refractivity contribution in [1.29, 1.82) is 0 Å². The van der Waals surface area contributed by atoms with E-state index in [1.807, 2.05) is 0 Å². The van der Waals surface area contributed by atoms with Gasteiger partial charge < -0.3 is 11.5 Å². The molecule has 4 heteroatoms. The average molecular weight is 454 g/mol. The number of halogens is 2. The van der Waals surface area contributed by atoms with Gasteiger partial charge in [0.2, 0.25) is 0 Å². The fourth-order valence-corrected chi connectivity index (χ4v) is 2.64. The summed E-state index contributed by atoms with van der Waals surface area (Å²) in [5, 5.41) is 0. The molecular formula is C13H16I2N2. The highest BCUT2D eigenvalue weighted by Crippen LogP contribution is 2.30. The molecule has 0 saturated carbocycles. The third-order valence-electron chi connectivity index (χ3n) is 2.91. The van der Waals surface area contributed by atoms with E-state index < -0.39 is 0 Å². The van der Waals surface area contributed by atoms with E-state index in [1.54, 1.807) is 0 Å². The van der Waals surface area contributed by atoms with Gasteiger partial charge in [0.1, 0.15) is 0 Å². The maximum atomic E-state index is 6.02. The van der Waals surface area contributed by atoms with Crippen molar-refractivity contribution in [3.63, 3.8) is 0 Å². The second-order valence-electron chi connectivity index (χ2n) is 4.66. The van der Waals surface area contributed by atoms with Crippen LogP contribution in [0.5, 0.6) is 0 Å². The molecule has 0 heterocycles. The smallest absolute Gasteiger partial charge is 0.0903 e. The Morgan fingerprint density at radius 2 is 1.35 bits per heavy atom. The lowest BCUT2D eigenvalue weighted by Crippen LogP contribution is -2.30. The Labute approximate surface area is 130 Å². The lowest BCUT2D eigenvalue weighted by molar-refractivity contribution is 0.774. The predicted octanol–water partition coefficient (Wildman–Crippen LogP) is 3.33. The Hall–Kier alpha value is 0.340. The highest BCUT2D eigenvalue weighted by molar-refractivity contribution is 14.1. The molecule has 4 N–H and O–H groups in total. The summed E-state index contributed by atoms with van der Waals surface area (Å²) < 4.78 is -0.403. The monoisotopic (exact) mass is 454 g/mol. The van der Waals surface area contributed by atoms with Gasteiger partial charge in [0.15, 0.2) is 0 Å². The second-order valence-corrected chi connectivity index (χ2v) is 8.68. The third kappa shape index (κ3) is 4.18. The summed E-state index contributed by atoms with van der Waals surface area (Å²) in [5.41, 5.74) is 14.7. The van der Waals surface area contributed by atoms with Crippen molar-refractivity contribution in [3.05, 3.63) is 47.6 Å². The van der Waals surface area contributed by atoms with Gasteiger partial charge >= 0.3 is 0 Å². The van der Waals surface area contributed by atoms with Gasteiger partial charge in [-0.25, -0.2) is 0 Å². The highest BCUT2D eigenvalue weighted by atomic mass is 127. The molecule has 2 atom stereocenters. The van der Waals surface area contributed by atoms with E-state index in [-0.39, 0.29) is 7.09 Å². The van der Waals surface area contributed by atoms with Crippen LogP contribution in [-0.2, 0) is 0 Å². The quantitative estimate of drug-likeness (QED) is 0.383. The first-order valence-electron chi connectivity index (χ1n) is 5.58. The first-order valence-corrected chi connectivity index (χ1v) is 7.74. The van der Waals surface area contributed by atoms with Crippen LogP contribution in [0.2, 0.25) is 0 Å². The minimum Gasteiger partial charge on any atom is -0.313 e. The number of nitrogens with two attached hydrogens (primary N) is 2. The molecule has 92 valence electrons. The molecule has 2 aliphatic rings. The van der Waals surface area contributed by atoms with Crippen molar-refractivity contribution >= 4 is 45.2 Å². The molecule has 0 aromatic carbocycles. The minimum atomic E-state index is -0.202. The molecule has 0 fully saturated rings. The molecule has 2 nitrogen and oxygen atoms in total. The van der Waals surface area contributed by atoms with Crippen molar-refractivity contribution in [2.75, 3.05) is 0 Å². The van der Waals surface area contributed by atoms with E-state index in [9.17, 15) is 0 Å². The zero-order valence-corrected chi connectivity index (χ0v) is 13.8. The van der Waals surface area contributed by atoms with E-state index in [0.29, 0.717) is 0 Å². The molecule has 2 aliphatic carbocycles. The summed E-state index contributed by atoms with van der Waals surface area (Å²) in [6, 6.07) is 0. The van der Waals surface area contributed by atoms with Gasteiger partial charge in [-0.2, -0.15) is 0 Å². The number of allylic oxidation sites excluding steroid dienone is 4. The lowest BCUT2D eigenvalue weighted by Gasteiger charge is -2.23. The summed E-state index contributed by atoms with van der Waals surface area (Å²) in [6.07, 6.45) is 15.7. The minimum absolute atomic E-state index is 0.202. The molecule has 2 rings (SSSR count). The van der Waals surface area contributed by atoms with Gasteiger partial charge in [0.05, 0.1) is 7.09 Å². The van der Waals surface area contributed by atoms with E-state index in [0.717, 1.165) is 19.3 Å². The number of hydrogen-bond acceptors (Lipinski definition) is 2. The standard InChI is InChI=1S/C13H16I2N2/c14-12(16)5-1-10(2-6-12)9-11-3-7-13(15,17)8-4-11/h1-5,7H,6,8-9,16-17H2. The van der Waals surface area contributed by atoms with E-state index in [2.05, 4.69) is 81.6 Å². The van der Waals surface area contributed by atoms with E-state index in [4.69, 9.17) is 11.5 Å². The van der Waals surface area contributed by atoms with Crippen LogP contribution in [0.3, 0.4) is 0 Å². The van der Waals surface area contributed by atoms with Crippen LogP contribution in [0.15, 0.2) is 47.6 Å². The Morgan fingerprint density at radius 3 is 1.65 bits per heavy atom. The molecule has 0 amide bonds. The van der Waals surface area contributed by atoms with Gasteiger partial charge in [0, 0.05) is 0 Å². The molecule has 0 aliphatic heterocycles. The Morgan fingerprint density at radius 1 is 0.941 bits per heavy atom. The van der Waals surface area contributed by atoms with Crippen LogP contribution in [0.4, 0.5) is 0 Å². The molecule has 0 radical (unpaired) electrons. The van der Waals surface area contributed by atoms with E-state index >= 15 is 0 Å². The Bertz CT molecular complexity index is 389. The highest BCUT2D eigenvalue weighted by Gasteiger charge is 2.21. The zero-order chi connectivity index (χ0) is 12.5. The first kappa shape index (κ1) is 13.8. The number of hydrogen-bond donors (Lipinski definition) is 2. The van der Waals surface area contributed by atoms with Gasteiger partial charge in [0.25, 0.3) is 0 Å². The van der Waals surface area contributed by atoms with Crippen molar-refractivity contribution in [2.45, 2.75) is 26.4 Å². The maximum absolute atomic E-state index is 6.02. The molecule has 0 saturated heterocycles. The molecule has 0 aromatic heterocycles. The first-order chi connectivity index (χ1) is 7.86. The largest absolute Gasteiger partial charge is 0.313 e. The summed E-state index contributed by atoms with van der Waals surface area (Å²) in [7, 11) is 0. The SMILES string of the molecule is NC1(I)C=CC(CC2=CCC(N)(I)C=C2)=CC1. The van der Waals surface area contributed by atoms with Crippen LogP contribution in [-0.4, -0.2) is 7.09 Å². The van der Waals surface area contributed by atoms with Crippen LogP contribution in [0, 0.1) is 0 Å². The second kappa shape index (κ2) is 5.14. The average Bonchev–Trinajstić information content (AvgIpc) is 2.24. The van der Waals surface area contributed by atoms with Crippen molar-refractivity contribution in [1.82, 2.24) is 0 Å². The Balaban J connectivity index is 1.97. The van der Waals surface area contributed by atoms with Crippen LogP contribution in [0.1, 0.15) is 19.3 Å². The van der Waals surface area contributed by atoms with Crippen molar-refractivity contribution in [2.24, 2.45) is 11.5 Å². The Kier molecular flexibility index (Phi) is 4.16.